The molecule has 1 N–H and O–H groups in total. The van der Waals surface area contributed by atoms with Gasteiger partial charge in [-0.3, -0.25) is 0 Å². The first kappa shape index (κ1) is 15.0. The van der Waals surface area contributed by atoms with Gasteiger partial charge in [0.15, 0.2) is 0 Å². The molecule has 0 aliphatic heterocycles. The molecular weight excluding hydrogens is 284 g/mol. The largest absolute Gasteiger partial charge is 0.350 e. The van der Waals surface area contributed by atoms with Crippen molar-refractivity contribution in [1.29, 1.82) is 0 Å². The third kappa shape index (κ3) is 3.66. The highest BCUT2D eigenvalue weighted by molar-refractivity contribution is 5.59. The van der Waals surface area contributed by atoms with Gasteiger partial charge >= 0.3 is 0 Å². The number of rotatable bonds is 5. The molecule has 23 heavy (non-hydrogen) atoms. The molecule has 4 nitrogen and oxygen atoms in total. The fraction of sp³-hybridized carbons (Fsp3) is 0.158. The third-order valence-corrected chi connectivity index (χ3v) is 3.83. The Bertz CT molecular complexity index is 771. The summed E-state index contributed by atoms with van der Waals surface area (Å²) in [5, 5.41) is 3.30. The van der Waals surface area contributed by atoms with Crippen LogP contribution in [0.5, 0.6) is 0 Å². The number of aryl methyl sites for hydroxylation is 1. The topological polar surface area (TPSA) is 41.1 Å². The summed E-state index contributed by atoms with van der Waals surface area (Å²) in [4.78, 5) is 11.0. The SMILES string of the molecule is Cc1ccccc1CNc1nccc(N(C)c2ccccc2)n1. The first-order valence-corrected chi connectivity index (χ1v) is 7.64. The summed E-state index contributed by atoms with van der Waals surface area (Å²) in [6.45, 7) is 2.82. The summed E-state index contributed by atoms with van der Waals surface area (Å²) in [5.41, 5.74) is 3.60. The van der Waals surface area contributed by atoms with E-state index < -0.39 is 0 Å². The lowest BCUT2D eigenvalue weighted by Gasteiger charge is -2.18. The van der Waals surface area contributed by atoms with Crippen LogP contribution in [0.4, 0.5) is 17.5 Å². The number of hydrogen-bond acceptors (Lipinski definition) is 4. The van der Waals surface area contributed by atoms with E-state index in [1.165, 1.54) is 11.1 Å². The van der Waals surface area contributed by atoms with E-state index in [-0.39, 0.29) is 0 Å². The number of hydrogen-bond donors (Lipinski definition) is 1. The van der Waals surface area contributed by atoms with Crippen molar-refractivity contribution in [3.63, 3.8) is 0 Å². The van der Waals surface area contributed by atoms with E-state index in [0.29, 0.717) is 12.5 Å². The van der Waals surface area contributed by atoms with Crippen LogP contribution in [-0.2, 0) is 6.54 Å². The second-order valence-corrected chi connectivity index (χ2v) is 5.41. The smallest absolute Gasteiger partial charge is 0.224 e. The van der Waals surface area contributed by atoms with Gasteiger partial charge in [0.05, 0.1) is 0 Å². The average Bonchev–Trinajstić information content (AvgIpc) is 2.61. The Morgan fingerprint density at radius 3 is 2.48 bits per heavy atom. The van der Waals surface area contributed by atoms with Gasteiger partial charge in [-0.25, -0.2) is 4.98 Å². The van der Waals surface area contributed by atoms with Crippen molar-refractivity contribution in [3.05, 3.63) is 78.0 Å². The highest BCUT2D eigenvalue weighted by Gasteiger charge is 2.06. The maximum absolute atomic E-state index is 4.60. The van der Waals surface area contributed by atoms with E-state index in [4.69, 9.17) is 0 Å². The van der Waals surface area contributed by atoms with Crippen molar-refractivity contribution in [1.82, 2.24) is 9.97 Å². The quantitative estimate of drug-likeness (QED) is 0.768. The molecular formula is C19H20N4. The van der Waals surface area contributed by atoms with Crippen LogP contribution in [0.2, 0.25) is 0 Å². The zero-order chi connectivity index (χ0) is 16.1. The van der Waals surface area contributed by atoms with Crippen LogP contribution in [0, 0.1) is 6.92 Å². The molecule has 1 heterocycles. The first-order chi connectivity index (χ1) is 11.2. The van der Waals surface area contributed by atoms with Crippen molar-refractivity contribution in [2.24, 2.45) is 0 Å². The van der Waals surface area contributed by atoms with Gasteiger partial charge in [-0.2, -0.15) is 4.98 Å². The van der Waals surface area contributed by atoms with Crippen molar-refractivity contribution < 1.29 is 0 Å². The Morgan fingerprint density at radius 2 is 1.70 bits per heavy atom. The van der Waals surface area contributed by atoms with E-state index in [0.717, 1.165) is 11.5 Å². The van der Waals surface area contributed by atoms with Gasteiger partial charge in [-0.1, -0.05) is 42.5 Å². The van der Waals surface area contributed by atoms with E-state index in [1.807, 2.05) is 48.3 Å². The molecule has 2 aromatic carbocycles. The minimum absolute atomic E-state index is 0.633. The fourth-order valence-electron chi connectivity index (χ4n) is 2.39. The molecule has 4 heteroatoms. The highest BCUT2D eigenvalue weighted by atomic mass is 15.2. The maximum Gasteiger partial charge on any atom is 0.224 e. The van der Waals surface area contributed by atoms with E-state index >= 15 is 0 Å². The molecule has 0 fully saturated rings. The van der Waals surface area contributed by atoms with Crippen molar-refractivity contribution in [2.75, 3.05) is 17.3 Å². The lowest BCUT2D eigenvalue weighted by Crippen LogP contribution is -2.13. The van der Waals surface area contributed by atoms with Crippen molar-refractivity contribution in [2.45, 2.75) is 13.5 Å². The molecule has 0 radical (unpaired) electrons. The summed E-state index contributed by atoms with van der Waals surface area (Å²) >= 11 is 0. The van der Waals surface area contributed by atoms with Crippen LogP contribution in [0.25, 0.3) is 0 Å². The Morgan fingerprint density at radius 1 is 0.957 bits per heavy atom. The molecule has 1 aromatic heterocycles. The zero-order valence-electron chi connectivity index (χ0n) is 13.4. The molecule has 0 bridgehead atoms. The standard InChI is InChI=1S/C19H20N4/c1-15-8-6-7-9-16(15)14-21-19-20-13-12-18(22-19)23(2)17-10-4-3-5-11-17/h3-13H,14H2,1-2H3,(H,20,21,22). The lowest BCUT2D eigenvalue weighted by atomic mass is 10.1. The van der Waals surface area contributed by atoms with E-state index in [9.17, 15) is 0 Å². The van der Waals surface area contributed by atoms with Gasteiger partial charge in [0.2, 0.25) is 5.95 Å². The van der Waals surface area contributed by atoms with Gasteiger partial charge in [0.1, 0.15) is 5.82 Å². The van der Waals surface area contributed by atoms with Crippen LogP contribution in [-0.4, -0.2) is 17.0 Å². The van der Waals surface area contributed by atoms with E-state index in [1.54, 1.807) is 6.20 Å². The molecule has 0 aliphatic carbocycles. The zero-order valence-corrected chi connectivity index (χ0v) is 13.4. The molecule has 0 saturated heterocycles. The monoisotopic (exact) mass is 304 g/mol. The molecule has 3 aromatic rings. The van der Waals surface area contributed by atoms with Crippen LogP contribution in [0.1, 0.15) is 11.1 Å². The minimum Gasteiger partial charge on any atom is -0.350 e. The van der Waals surface area contributed by atoms with Gasteiger partial charge in [-0.15, -0.1) is 0 Å². The predicted octanol–water partition coefficient (Wildman–Crippen LogP) is 4.17. The van der Waals surface area contributed by atoms with Crippen molar-refractivity contribution >= 4 is 17.5 Å². The average molecular weight is 304 g/mol. The first-order valence-electron chi connectivity index (χ1n) is 7.64. The Hall–Kier alpha value is -2.88. The molecule has 0 atom stereocenters. The molecule has 116 valence electrons. The van der Waals surface area contributed by atoms with Gasteiger partial charge in [0, 0.05) is 25.5 Å². The second-order valence-electron chi connectivity index (χ2n) is 5.41. The maximum atomic E-state index is 4.60. The van der Waals surface area contributed by atoms with Gasteiger partial charge < -0.3 is 10.2 Å². The van der Waals surface area contributed by atoms with E-state index in [2.05, 4.69) is 46.5 Å². The number of benzene rings is 2. The van der Waals surface area contributed by atoms with Crippen LogP contribution in [0.3, 0.4) is 0 Å². The molecule has 0 amide bonds. The minimum atomic E-state index is 0.633. The summed E-state index contributed by atoms with van der Waals surface area (Å²) in [6, 6.07) is 20.4. The second kappa shape index (κ2) is 6.92. The number of nitrogens with one attached hydrogen (secondary N) is 1. The fourth-order valence-corrected chi connectivity index (χ4v) is 2.39. The van der Waals surface area contributed by atoms with Gasteiger partial charge in [-0.05, 0) is 36.2 Å². The summed E-state index contributed by atoms with van der Waals surface area (Å²) in [7, 11) is 2.00. The molecule has 0 unspecified atom stereocenters. The molecule has 3 rings (SSSR count). The molecule has 0 aliphatic rings. The highest BCUT2D eigenvalue weighted by Crippen LogP contribution is 2.21. The van der Waals surface area contributed by atoms with Crippen molar-refractivity contribution in [3.8, 4) is 0 Å². The summed E-state index contributed by atoms with van der Waals surface area (Å²) in [5.74, 6) is 1.49. The third-order valence-electron chi connectivity index (χ3n) is 3.83. The normalized spacial score (nSPS) is 10.3. The van der Waals surface area contributed by atoms with Crippen LogP contribution in [0.15, 0.2) is 66.9 Å². The Balaban J connectivity index is 1.74. The number of nitrogens with zero attached hydrogens (tertiary/aromatic N) is 3. The predicted molar refractivity (Wildman–Crippen MR) is 95.0 cm³/mol. The van der Waals surface area contributed by atoms with Crippen LogP contribution >= 0.6 is 0 Å². The molecule has 0 spiro atoms. The van der Waals surface area contributed by atoms with Gasteiger partial charge in [0.25, 0.3) is 0 Å². The summed E-state index contributed by atoms with van der Waals surface area (Å²) in [6.07, 6.45) is 1.78. The molecule has 0 saturated carbocycles. The number of para-hydroxylation sites is 1. The summed E-state index contributed by atoms with van der Waals surface area (Å²) < 4.78 is 0. The Kier molecular flexibility index (Phi) is 4.52. The number of aromatic nitrogens is 2. The Labute approximate surface area is 136 Å². The lowest BCUT2D eigenvalue weighted by molar-refractivity contribution is 1.02. The number of anilines is 3. The van der Waals surface area contributed by atoms with Crippen LogP contribution < -0.4 is 10.2 Å².